The number of amides is 1. The van der Waals surface area contributed by atoms with Crippen molar-refractivity contribution in [3.8, 4) is 11.5 Å². The van der Waals surface area contributed by atoms with Gasteiger partial charge in [0.25, 0.3) is 5.89 Å². The van der Waals surface area contributed by atoms with Gasteiger partial charge in [-0.2, -0.15) is 0 Å². The summed E-state index contributed by atoms with van der Waals surface area (Å²) >= 11 is 0. The minimum absolute atomic E-state index is 0.0830. The van der Waals surface area contributed by atoms with Gasteiger partial charge in [0.15, 0.2) is 6.61 Å². The van der Waals surface area contributed by atoms with Crippen LogP contribution in [0.4, 0.5) is 5.69 Å². The van der Waals surface area contributed by atoms with E-state index in [1.54, 1.807) is 4.90 Å². The third kappa shape index (κ3) is 4.18. The van der Waals surface area contributed by atoms with E-state index in [2.05, 4.69) is 17.1 Å². The van der Waals surface area contributed by atoms with E-state index in [9.17, 15) is 9.59 Å². The highest BCUT2D eigenvalue weighted by Crippen LogP contribution is 2.26. The molecule has 0 N–H and O–H groups in total. The Balaban J connectivity index is 1.34. The second kappa shape index (κ2) is 8.26. The van der Waals surface area contributed by atoms with Crippen LogP contribution < -0.4 is 4.90 Å². The smallest absolute Gasteiger partial charge is 0.311 e. The topological polar surface area (TPSA) is 85.5 Å². The fourth-order valence-corrected chi connectivity index (χ4v) is 3.29. The average molecular weight is 391 g/mol. The van der Waals surface area contributed by atoms with Gasteiger partial charge >= 0.3 is 5.97 Å². The monoisotopic (exact) mass is 391 g/mol. The van der Waals surface area contributed by atoms with E-state index in [-0.39, 0.29) is 24.8 Å². The highest BCUT2D eigenvalue weighted by Gasteiger charge is 2.36. The summed E-state index contributed by atoms with van der Waals surface area (Å²) < 4.78 is 10.9. The molecule has 1 amide bonds. The van der Waals surface area contributed by atoms with Gasteiger partial charge < -0.3 is 14.1 Å². The highest BCUT2D eigenvalue weighted by atomic mass is 16.5. The molecule has 0 radical (unpaired) electrons. The Morgan fingerprint density at radius 1 is 1.14 bits per heavy atom. The van der Waals surface area contributed by atoms with E-state index in [0.29, 0.717) is 12.4 Å². The Morgan fingerprint density at radius 2 is 1.90 bits per heavy atom. The summed E-state index contributed by atoms with van der Waals surface area (Å²) in [6.07, 6.45) is 1.07. The summed E-state index contributed by atoms with van der Waals surface area (Å²) in [5.74, 6) is -0.446. The van der Waals surface area contributed by atoms with Crippen LogP contribution in [0.5, 0.6) is 0 Å². The zero-order chi connectivity index (χ0) is 20.2. The predicted octanol–water partition coefficient (Wildman–Crippen LogP) is 3.40. The summed E-state index contributed by atoms with van der Waals surface area (Å²) in [7, 11) is 0. The van der Waals surface area contributed by atoms with E-state index in [1.165, 1.54) is 5.56 Å². The first-order chi connectivity index (χ1) is 14.1. The van der Waals surface area contributed by atoms with E-state index < -0.39 is 11.9 Å². The largest absolute Gasteiger partial charge is 0.455 e. The molecule has 1 aromatic heterocycles. The van der Waals surface area contributed by atoms with E-state index in [4.69, 9.17) is 9.15 Å². The predicted molar refractivity (Wildman–Crippen MR) is 106 cm³/mol. The number of benzene rings is 2. The lowest BCUT2D eigenvalue weighted by Crippen LogP contribution is -2.26. The standard InChI is InChI=1S/C22H21N3O4/c1-2-15-8-10-18(11-9-15)25-13-17(12-20(25)26)22(27)28-14-19-23-24-21(29-19)16-6-4-3-5-7-16/h3-11,17H,2,12-14H2,1H3/t17-/m0/s1. The van der Waals surface area contributed by atoms with Gasteiger partial charge in [0.1, 0.15) is 0 Å². The van der Waals surface area contributed by atoms with Crippen molar-refractivity contribution < 1.29 is 18.7 Å². The molecule has 2 aromatic carbocycles. The van der Waals surface area contributed by atoms with Gasteiger partial charge in [0.05, 0.1) is 5.92 Å². The first-order valence-corrected chi connectivity index (χ1v) is 9.57. The molecule has 1 aliphatic rings. The summed E-state index contributed by atoms with van der Waals surface area (Å²) in [5.41, 5.74) is 2.79. The quantitative estimate of drug-likeness (QED) is 0.599. The molecule has 0 bridgehead atoms. The maximum atomic E-state index is 12.4. The van der Waals surface area contributed by atoms with Crippen molar-refractivity contribution in [2.24, 2.45) is 5.92 Å². The zero-order valence-electron chi connectivity index (χ0n) is 16.1. The number of carbonyl (C=O) groups is 2. The van der Waals surface area contributed by atoms with Crippen LogP contribution in [0, 0.1) is 5.92 Å². The van der Waals surface area contributed by atoms with Crippen LogP contribution in [0.1, 0.15) is 24.8 Å². The van der Waals surface area contributed by atoms with Gasteiger partial charge in [-0.3, -0.25) is 9.59 Å². The summed E-state index contributed by atoms with van der Waals surface area (Å²) in [5, 5.41) is 7.88. The Bertz CT molecular complexity index is 998. The van der Waals surface area contributed by atoms with Gasteiger partial charge in [0.2, 0.25) is 11.8 Å². The van der Waals surface area contributed by atoms with Crippen molar-refractivity contribution in [1.82, 2.24) is 10.2 Å². The van der Waals surface area contributed by atoms with Crippen LogP contribution >= 0.6 is 0 Å². The minimum Gasteiger partial charge on any atom is -0.455 e. The molecule has 7 nitrogen and oxygen atoms in total. The van der Waals surface area contributed by atoms with Gasteiger partial charge in [-0.1, -0.05) is 37.3 Å². The normalized spacial score (nSPS) is 16.2. The second-order valence-corrected chi connectivity index (χ2v) is 6.90. The van der Waals surface area contributed by atoms with Crippen LogP contribution in [0.3, 0.4) is 0 Å². The van der Waals surface area contributed by atoms with Crippen molar-refractivity contribution in [2.45, 2.75) is 26.4 Å². The molecule has 2 heterocycles. The van der Waals surface area contributed by atoms with Crippen LogP contribution in [0.25, 0.3) is 11.5 Å². The molecular weight excluding hydrogens is 370 g/mol. The molecule has 0 spiro atoms. The second-order valence-electron chi connectivity index (χ2n) is 6.90. The Hall–Kier alpha value is -3.48. The molecule has 1 fully saturated rings. The number of ether oxygens (including phenoxy) is 1. The lowest BCUT2D eigenvalue weighted by molar-refractivity contribution is -0.150. The van der Waals surface area contributed by atoms with Crippen LogP contribution in [0.15, 0.2) is 59.0 Å². The van der Waals surface area contributed by atoms with Gasteiger partial charge in [-0.05, 0) is 36.2 Å². The molecular formula is C22H21N3O4. The third-order valence-electron chi connectivity index (χ3n) is 4.94. The van der Waals surface area contributed by atoms with Gasteiger partial charge in [-0.15, -0.1) is 10.2 Å². The third-order valence-corrected chi connectivity index (χ3v) is 4.94. The lowest BCUT2D eigenvalue weighted by atomic mass is 10.1. The number of aryl methyl sites for hydroxylation is 1. The molecule has 0 saturated carbocycles. The average Bonchev–Trinajstić information content (AvgIpc) is 3.40. The first kappa shape index (κ1) is 18.9. The molecule has 4 rings (SSSR count). The van der Waals surface area contributed by atoms with Crippen molar-refractivity contribution in [3.63, 3.8) is 0 Å². The summed E-state index contributed by atoms with van der Waals surface area (Å²) in [6, 6.07) is 17.2. The maximum absolute atomic E-state index is 12.4. The number of hydrogen-bond acceptors (Lipinski definition) is 6. The first-order valence-electron chi connectivity index (χ1n) is 9.57. The molecule has 1 saturated heterocycles. The molecule has 1 atom stereocenters. The van der Waals surface area contributed by atoms with Crippen LogP contribution in [0.2, 0.25) is 0 Å². The fourth-order valence-electron chi connectivity index (χ4n) is 3.29. The fraction of sp³-hybridized carbons (Fsp3) is 0.273. The summed E-state index contributed by atoms with van der Waals surface area (Å²) in [6.45, 7) is 2.27. The van der Waals surface area contributed by atoms with E-state index >= 15 is 0 Å². The van der Waals surface area contributed by atoms with Crippen molar-refractivity contribution in [2.75, 3.05) is 11.4 Å². The van der Waals surface area contributed by atoms with Crippen molar-refractivity contribution in [1.29, 1.82) is 0 Å². The highest BCUT2D eigenvalue weighted by molar-refractivity contribution is 5.99. The minimum atomic E-state index is -0.509. The zero-order valence-corrected chi connectivity index (χ0v) is 16.1. The number of hydrogen-bond donors (Lipinski definition) is 0. The van der Waals surface area contributed by atoms with Gasteiger partial charge in [0, 0.05) is 24.2 Å². The molecule has 29 heavy (non-hydrogen) atoms. The molecule has 1 aliphatic heterocycles. The maximum Gasteiger partial charge on any atom is 0.311 e. The van der Waals surface area contributed by atoms with Gasteiger partial charge in [-0.25, -0.2) is 0 Å². The van der Waals surface area contributed by atoms with E-state index in [0.717, 1.165) is 17.7 Å². The molecule has 0 aliphatic carbocycles. The number of aromatic nitrogens is 2. The molecule has 3 aromatic rings. The number of carbonyl (C=O) groups excluding carboxylic acids is 2. The van der Waals surface area contributed by atoms with E-state index in [1.807, 2.05) is 54.6 Å². The molecule has 148 valence electrons. The lowest BCUT2D eigenvalue weighted by Gasteiger charge is -2.16. The van der Waals surface area contributed by atoms with Crippen molar-refractivity contribution in [3.05, 3.63) is 66.1 Å². The number of esters is 1. The Labute approximate surface area is 168 Å². The molecule has 7 heteroatoms. The number of nitrogens with zero attached hydrogens (tertiary/aromatic N) is 3. The molecule has 0 unspecified atom stereocenters. The van der Waals surface area contributed by atoms with Crippen LogP contribution in [-0.2, 0) is 27.4 Å². The number of rotatable bonds is 6. The van der Waals surface area contributed by atoms with Crippen LogP contribution in [-0.4, -0.2) is 28.6 Å². The summed E-state index contributed by atoms with van der Waals surface area (Å²) in [4.78, 5) is 26.4. The van der Waals surface area contributed by atoms with Crippen molar-refractivity contribution >= 4 is 17.6 Å². The Morgan fingerprint density at radius 3 is 2.62 bits per heavy atom. The SMILES string of the molecule is CCc1ccc(N2C[C@@H](C(=O)OCc3nnc(-c4ccccc4)o3)CC2=O)cc1. The number of anilines is 1. The Kier molecular flexibility index (Phi) is 5.37.